The van der Waals surface area contributed by atoms with Crippen LogP contribution in [0.2, 0.25) is 0 Å². The van der Waals surface area contributed by atoms with Crippen LogP contribution in [0.5, 0.6) is 5.95 Å². The molecule has 0 radical (unpaired) electrons. The van der Waals surface area contributed by atoms with E-state index in [0.717, 1.165) is 29.0 Å². The Bertz CT molecular complexity index is 597. The minimum Gasteiger partial charge on any atom is -0.480 e. The van der Waals surface area contributed by atoms with Crippen LogP contribution in [0.1, 0.15) is 5.56 Å². The topological polar surface area (TPSA) is 55.4 Å². The summed E-state index contributed by atoms with van der Waals surface area (Å²) in [7, 11) is 0. The molecule has 7 heteroatoms. The third-order valence-electron chi connectivity index (χ3n) is 2.08. The van der Waals surface area contributed by atoms with E-state index in [4.69, 9.17) is 5.11 Å². The fourth-order valence-corrected chi connectivity index (χ4v) is 1.34. The van der Waals surface area contributed by atoms with E-state index in [9.17, 15) is 18.0 Å². The number of alkyl halides is 3. The number of aromatic nitrogens is 1. The van der Waals surface area contributed by atoms with Crippen LogP contribution < -0.4 is 5.76 Å². The number of oxazole rings is 1. The minimum atomic E-state index is -4.49. The summed E-state index contributed by atoms with van der Waals surface area (Å²) in [5.41, 5.74) is -0.920. The summed E-state index contributed by atoms with van der Waals surface area (Å²) < 4.78 is 42.3. The summed E-state index contributed by atoms with van der Waals surface area (Å²) in [4.78, 5) is 11.2. The number of hydrogen-bond acceptors (Lipinski definition) is 3. The van der Waals surface area contributed by atoms with Crippen molar-refractivity contribution >= 4 is 0 Å². The zero-order valence-corrected chi connectivity index (χ0v) is 8.23. The highest BCUT2D eigenvalue weighted by Gasteiger charge is 2.30. The zero-order chi connectivity index (χ0) is 12.6. The monoisotopic (exact) mass is 245 g/mol. The Balaban J connectivity index is 2.54. The molecule has 1 N–H and O–H groups in total. The average Bonchev–Trinajstić information content (AvgIpc) is 2.57. The van der Waals surface area contributed by atoms with Crippen molar-refractivity contribution in [2.24, 2.45) is 0 Å². The summed E-state index contributed by atoms with van der Waals surface area (Å²) in [6.45, 7) is 0. The number of halogens is 3. The van der Waals surface area contributed by atoms with E-state index in [1.165, 1.54) is 6.07 Å². The van der Waals surface area contributed by atoms with Crippen LogP contribution in [0.3, 0.4) is 0 Å². The molecule has 0 bridgehead atoms. The van der Waals surface area contributed by atoms with Gasteiger partial charge in [-0.25, -0.2) is 9.36 Å². The molecular formula is C10H6F3NO3. The highest BCUT2D eigenvalue weighted by atomic mass is 19.4. The summed E-state index contributed by atoms with van der Waals surface area (Å²) in [6.07, 6.45) is -3.59. The van der Waals surface area contributed by atoms with E-state index in [1.54, 1.807) is 0 Å². The van der Waals surface area contributed by atoms with Crippen molar-refractivity contribution in [3.05, 3.63) is 46.6 Å². The molecule has 0 saturated heterocycles. The molecule has 17 heavy (non-hydrogen) atoms. The maximum Gasteiger partial charge on any atom is 0.426 e. The average molecular weight is 245 g/mol. The first kappa shape index (κ1) is 11.3. The van der Waals surface area contributed by atoms with Crippen LogP contribution in [0.25, 0.3) is 5.69 Å². The molecule has 1 aromatic heterocycles. The second kappa shape index (κ2) is 3.69. The van der Waals surface area contributed by atoms with Crippen LogP contribution >= 0.6 is 0 Å². The summed E-state index contributed by atoms with van der Waals surface area (Å²) in [5.74, 6) is -1.62. The van der Waals surface area contributed by atoms with Gasteiger partial charge in [-0.1, -0.05) is 6.07 Å². The molecule has 0 fully saturated rings. The lowest BCUT2D eigenvalue weighted by Gasteiger charge is -2.07. The van der Waals surface area contributed by atoms with Crippen molar-refractivity contribution in [1.29, 1.82) is 0 Å². The van der Waals surface area contributed by atoms with E-state index < -0.39 is 23.4 Å². The van der Waals surface area contributed by atoms with Gasteiger partial charge in [0.2, 0.25) is 0 Å². The Hall–Kier alpha value is -2.18. The number of hydrogen-bond donors (Lipinski definition) is 1. The van der Waals surface area contributed by atoms with E-state index in [1.807, 2.05) is 0 Å². The fourth-order valence-electron chi connectivity index (χ4n) is 1.34. The van der Waals surface area contributed by atoms with Gasteiger partial charge < -0.3 is 9.52 Å². The molecule has 0 amide bonds. The number of nitrogens with zero attached hydrogens (tertiary/aromatic N) is 1. The van der Waals surface area contributed by atoms with Crippen molar-refractivity contribution < 1.29 is 22.7 Å². The van der Waals surface area contributed by atoms with Gasteiger partial charge in [-0.15, -0.1) is 0 Å². The molecule has 90 valence electrons. The van der Waals surface area contributed by atoms with E-state index >= 15 is 0 Å². The van der Waals surface area contributed by atoms with E-state index in [2.05, 4.69) is 4.42 Å². The SMILES string of the molecule is O=c1oc(O)cn1-c1cccc(C(F)(F)F)c1. The minimum absolute atomic E-state index is 0.0334. The van der Waals surface area contributed by atoms with Crippen LogP contribution in [0.15, 0.2) is 39.7 Å². The van der Waals surface area contributed by atoms with Gasteiger partial charge in [-0.3, -0.25) is 0 Å². The zero-order valence-electron chi connectivity index (χ0n) is 8.23. The first-order valence-electron chi connectivity index (χ1n) is 4.47. The Morgan fingerprint density at radius 2 is 2.00 bits per heavy atom. The van der Waals surface area contributed by atoms with Gasteiger partial charge in [0.05, 0.1) is 17.4 Å². The number of aromatic hydroxyl groups is 1. The molecule has 0 saturated carbocycles. The third kappa shape index (κ3) is 2.17. The molecule has 1 aromatic carbocycles. The molecule has 2 aromatic rings. The normalized spacial score (nSPS) is 11.7. The largest absolute Gasteiger partial charge is 0.480 e. The first-order chi connectivity index (χ1) is 7.88. The Morgan fingerprint density at radius 1 is 1.29 bits per heavy atom. The molecule has 0 aliphatic heterocycles. The first-order valence-corrected chi connectivity index (χ1v) is 4.47. The van der Waals surface area contributed by atoms with Gasteiger partial charge in [-0.05, 0) is 18.2 Å². The van der Waals surface area contributed by atoms with Gasteiger partial charge in [-0.2, -0.15) is 13.2 Å². The van der Waals surface area contributed by atoms with Crippen LogP contribution in [0, 0.1) is 0 Å². The molecule has 0 unspecified atom stereocenters. The van der Waals surface area contributed by atoms with Crippen molar-refractivity contribution in [1.82, 2.24) is 4.57 Å². The summed E-state index contributed by atoms with van der Waals surface area (Å²) in [5, 5.41) is 8.91. The van der Waals surface area contributed by atoms with Crippen molar-refractivity contribution in [2.75, 3.05) is 0 Å². The Labute approximate surface area is 92.5 Å². The predicted octanol–water partition coefficient (Wildman–Crippen LogP) is 2.15. The summed E-state index contributed by atoms with van der Waals surface area (Å²) >= 11 is 0. The number of rotatable bonds is 1. The smallest absolute Gasteiger partial charge is 0.426 e. The fraction of sp³-hybridized carbons (Fsp3) is 0.100. The molecule has 4 nitrogen and oxygen atoms in total. The second-order valence-electron chi connectivity index (χ2n) is 3.25. The molecule has 0 aliphatic rings. The van der Waals surface area contributed by atoms with Crippen LogP contribution in [-0.4, -0.2) is 9.67 Å². The quantitative estimate of drug-likeness (QED) is 0.837. The van der Waals surface area contributed by atoms with Crippen molar-refractivity contribution in [2.45, 2.75) is 6.18 Å². The maximum atomic E-state index is 12.4. The van der Waals surface area contributed by atoms with Crippen molar-refractivity contribution in [3.63, 3.8) is 0 Å². The molecular weight excluding hydrogens is 239 g/mol. The molecule has 1 heterocycles. The highest BCUT2D eigenvalue weighted by molar-refractivity contribution is 5.37. The van der Waals surface area contributed by atoms with Gasteiger partial charge in [0, 0.05) is 0 Å². The second-order valence-corrected chi connectivity index (χ2v) is 3.25. The molecule has 0 atom stereocenters. The van der Waals surface area contributed by atoms with Gasteiger partial charge >= 0.3 is 17.9 Å². The van der Waals surface area contributed by atoms with Crippen molar-refractivity contribution in [3.8, 4) is 11.6 Å². The van der Waals surface area contributed by atoms with Gasteiger partial charge in [0.15, 0.2) is 0 Å². The lowest BCUT2D eigenvalue weighted by Crippen LogP contribution is -2.12. The van der Waals surface area contributed by atoms with Gasteiger partial charge in [0.1, 0.15) is 0 Å². The summed E-state index contributed by atoms with van der Waals surface area (Å²) in [6, 6.07) is 4.13. The molecule has 2 rings (SSSR count). The third-order valence-corrected chi connectivity index (χ3v) is 2.08. The standard InChI is InChI=1S/C10H6F3NO3/c11-10(12,13)6-2-1-3-7(4-6)14-5-8(15)17-9(14)16/h1-5,15H. The molecule has 0 spiro atoms. The lowest BCUT2D eigenvalue weighted by molar-refractivity contribution is -0.137. The lowest BCUT2D eigenvalue weighted by atomic mass is 10.2. The highest BCUT2D eigenvalue weighted by Crippen LogP contribution is 2.30. The number of benzene rings is 1. The van der Waals surface area contributed by atoms with Crippen LogP contribution in [0.4, 0.5) is 13.2 Å². The Morgan fingerprint density at radius 3 is 2.53 bits per heavy atom. The van der Waals surface area contributed by atoms with E-state index in [-0.39, 0.29) is 5.69 Å². The Kier molecular flexibility index (Phi) is 2.45. The predicted molar refractivity (Wildman–Crippen MR) is 51.0 cm³/mol. The maximum absolute atomic E-state index is 12.4. The van der Waals surface area contributed by atoms with Gasteiger partial charge in [0.25, 0.3) is 0 Å². The molecule has 0 aliphatic carbocycles. The van der Waals surface area contributed by atoms with Crippen LogP contribution in [-0.2, 0) is 6.18 Å². The van der Waals surface area contributed by atoms with E-state index in [0.29, 0.717) is 0 Å².